The fraction of sp³-hybridized carbons (Fsp3) is 0.286. The van der Waals surface area contributed by atoms with Gasteiger partial charge in [-0.3, -0.25) is 4.98 Å². The third-order valence-electron chi connectivity index (χ3n) is 3.16. The summed E-state index contributed by atoms with van der Waals surface area (Å²) in [5.74, 6) is 0.684. The van der Waals surface area contributed by atoms with Gasteiger partial charge in [0.25, 0.3) is 0 Å². The van der Waals surface area contributed by atoms with Gasteiger partial charge in [0, 0.05) is 6.61 Å². The van der Waals surface area contributed by atoms with E-state index in [2.05, 4.69) is 27.4 Å². The molecule has 0 radical (unpaired) electrons. The fourth-order valence-electron chi connectivity index (χ4n) is 2.31. The second-order valence-electron chi connectivity index (χ2n) is 4.47. The van der Waals surface area contributed by atoms with Crippen LogP contribution in [-0.2, 0) is 4.74 Å². The van der Waals surface area contributed by atoms with Gasteiger partial charge in [-0.15, -0.1) is 0 Å². The van der Waals surface area contributed by atoms with Crippen molar-refractivity contribution in [3.8, 4) is 0 Å². The summed E-state index contributed by atoms with van der Waals surface area (Å²) in [7, 11) is 0. The molecule has 1 saturated heterocycles. The topological polar surface area (TPSA) is 47.0 Å². The van der Waals surface area contributed by atoms with Gasteiger partial charge in [-0.2, -0.15) is 0 Å². The van der Waals surface area contributed by atoms with Crippen molar-refractivity contribution in [2.45, 2.75) is 18.6 Å². The van der Waals surface area contributed by atoms with E-state index in [1.807, 2.05) is 18.2 Å². The molecule has 2 aromatic rings. The molecule has 2 atom stereocenters. The summed E-state index contributed by atoms with van der Waals surface area (Å²) in [6.07, 6.45) is 4.18. The monoisotopic (exact) mass is 275 g/mol. The Morgan fingerprint density at radius 2 is 2.05 bits per heavy atom. The van der Waals surface area contributed by atoms with E-state index in [0.717, 1.165) is 13.0 Å². The first-order valence-corrected chi connectivity index (χ1v) is 6.61. The number of nitrogens with one attached hydrogen (secondary N) is 1. The molecule has 0 saturated carbocycles. The molecule has 1 aromatic heterocycles. The van der Waals surface area contributed by atoms with Crippen LogP contribution in [0.2, 0.25) is 5.15 Å². The van der Waals surface area contributed by atoms with Crippen LogP contribution in [0, 0.1) is 0 Å². The molecule has 0 spiro atoms. The van der Waals surface area contributed by atoms with Gasteiger partial charge in [-0.25, -0.2) is 4.98 Å². The van der Waals surface area contributed by atoms with Gasteiger partial charge in [0.1, 0.15) is 17.1 Å². The molecule has 1 N–H and O–H groups in total. The molecule has 0 amide bonds. The van der Waals surface area contributed by atoms with Crippen molar-refractivity contribution in [3.05, 3.63) is 53.4 Å². The highest BCUT2D eigenvalue weighted by molar-refractivity contribution is 6.29. The molecule has 4 nitrogen and oxygen atoms in total. The highest BCUT2D eigenvalue weighted by atomic mass is 35.5. The number of ether oxygens (including phenoxy) is 1. The van der Waals surface area contributed by atoms with E-state index in [-0.39, 0.29) is 12.1 Å². The zero-order valence-electron chi connectivity index (χ0n) is 10.3. The predicted octanol–water partition coefficient (Wildman–Crippen LogP) is 3.07. The van der Waals surface area contributed by atoms with Gasteiger partial charge in [0.2, 0.25) is 0 Å². The minimum absolute atomic E-state index is 0.0435. The molecule has 5 heteroatoms. The van der Waals surface area contributed by atoms with Crippen molar-refractivity contribution in [1.82, 2.24) is 9.97 Å². The second kappa shape index (κ2) is 5.55. The van der Waals surface area contributed by atoms with E-state index in [4.69, 9.17) is 16.3 Å². The summed E-state index contributed by atoms with van der Waals surface area (Å²) < 4.78 is 5.81. The molecule has 2 heterocycles. The summed E-state index contributed by atoms with van der Waals surface area (Å²) in [5, 5.41) is 3.74. The molecule has 0 unspecified atom stereocenters. The van der Waals surface area contributed by atoms with Crippen molar-refractivity contribution >= 4 is 17.4 Å². The number of hydrogen-bond acceptors (Lipinski definition) is 4. The Morgan fingerprint density at radius 3 is 2.84 bits per heavy atom. The predicted molar refractivity (Wildman–Crippen MR) is 74.2 cm³/mol. The van der Waals surface area contributed by atoms with Crippen LogP contribution in [-0.4, -0.2) is 22.6 Å². The summed E-state index contributed by atoms with van der Waals surface area (Å²) in [6, 6.07) is 10.4. The highest BCUT2D eigenvalue weighted by Crippen LogP contribution is 2.30. The Kier molecular flexibility index (Phi) is 3.62. The summed E-state index contributed by atoms with van der Waals surface area (Å²) in [5.41, 5.74) is 1.17. The van der Waals surface area contributed by atoms with Crippen molar-refractivity contribution in [3.63, 3.8) is 0 Å². The van der Waals surface area contributed by atoms with Crippen LogP contribution in [0.1, 0.15) is 18.1 Å². The Bertz CT molecular complexity index is 549. The maximum atomic E-state index is 5.84. The molecule has 0 bridgehead atoms. The van der Waals surface area contributed by atoms with Crippen LogP contribution in [0.25, 0.3) is 0 Å². The van der Waals surface area contributed by atoms with Gasteiger partial charge in [-0.05, 0) is 12.0 Å². The lowest BCUT2D eigenvalue weighted by Crippen LogP contribution is -2.23. The lowest BCUT2D eigenvalue weighted by molar-refractivity contribution is 0.107. The number of rotatable bonds is 3. The third-order valence-corrected chi connectivity index (χ3v) is 3.34. The molecular formula is C14H14ClN3O. The molecule has 1 fully saturated rings. The van der Waals surface area contributed by atoms with E-state index in [0.29, 0.717) is 11.0 Å². The molecular weight excluding hydrogens is 262 g/mol. The highest BCUT2D eigenvalue weighted by Gasteiger charge is 2.29. The number of nitrogens with zero attached hydrogens (tertiary/aromatic N) is 2. The van der Waals surface area contributed by atoms with Gasteiger partial charge >= 0.3 is 0 Å². The first-order valence-electron chi connectivity index (χ1n) is 6.23. The smallest absolute Gasteiger partial charge is 0.149 e. The molecule has 3 rings (SSSR count). The average molecular weight is 276 g/mol. The van der Waals surface area contributed by atoms with Crippen LogP contribution in [0.4, 0.5) is 5.82 Å². The normalized spacial score (nSPS) is 22.4. The third kappa shape index (κ3) is 2.85. The van der Waals surface area contributed by atoms with Crippen LogP contribution in [0.3, 0.4) is 0 Å². The standard InChI is InChI=1S/C14H14ClN3O/c15-12-8-16-9-13(18-12)17-11-6-7-19-14(11)10-4-2-1-3-5-10/h1-5,8-9,11,14H,6-7H2,(H,17,18)/t11-,14-/m0/s1. The summed E-state index contributed by atoms with van der Waals surface area (Å²) >= 11 is 5.84. The second-order valence-corrected chi connectivity index (χ2v) is 4.86. The summed E-state index contributed by atoms with van der Waals surface area (Å²) in [4.78, 5) is 8.23. The quantitative estimate of drug-likeness (QED) is 0.935. The van der Waals surface area contributed by atoms with Crippen LogP contribution in [0.15, 0.2) is 42.7 Å². The number of anilines is 1. The van der Waals surface area contributed by atoms with Gasteiger partial charge in [-0.1, -0.05) is 41.9 Å². The Labute approximate surface area is 116 Å². The van der Waals surface area contributed by atoms with Crippen molar-refractivity contribution in [2.24, 2.45) is 0 Å². The zero-order chi connectivity index (χ0) is 13.1. The molecule has 0 aliphatic carbocycles. The van der Waals surface area contributed by atoms with Crippen LogP contribution < -0.4 is 5.32 Å². The zero-order valence-corrected chi connectivity index (χ0v) is 11.0. The molecule has 1 aliphatic heterocycles. The van der Waals surface area contributed by atoms with E-state index in [1.54, 1.807) is 6.20 Å². The number of hydrogen-bond donors (Lipinski definition) is 1. The van der Waals surface area contributed by atoms with E-state index < -0.39 is 0 Å². The number of halogens is 1. The Hall–Kier alpha value is -1.65. The van der Waals surface area contributed by atoms with Crippen LogP contribution >= 0.6 is 11.6 Å². The maximum Gasteiger partial charge on any atom is 0.149 e. The van der Waals surface area contributed by atoms with Crippen molar-refractivity contribution in [2.75, 3.05) is 11.9 Å². The lowest BCUT2D eigenvalue weighted by Gasteiger charge is -2.20. The lowest BCUT2D eigenvalue weighted by atomic mass is 10.0. The minimum Gasteiger partial charge on any atom is -0.371 e. The Balaban J connectivity index is 1.77. The largest absolute Gasteiger partial charge is 0.371 e. The molecule has 1 aliphatic rings. The first kappa shape index (κ1) is 12.4. The van der Waals surface area contributed by atoms with Crippen LogP contribution in [0.5, 0.6) is 0 Å². The number of benzene rings is 1. The minimum atomic E-state index is 0.0435. The van der Waals surface area contributed by atoms with Gasteiger partial charge in [0.15, 0.2) is 0 Å². The van der Waals surface area contributed by atoms with Crippen molar-refractivity contribution < 1.29 is 4.74 Å². The van der Waals surface area contributed by atoms with E-state index in [1.165, 1.54) is 11.8 Å². The summed E-state index contributed by atoms with van der Waals surface area (Å²) in [6.45, 7) is 0.741. The van der Waals surface area contributed by atoms with Crippen molar-refractivity contribution in [1.29, 1.82) is 0 Å². The fourth-order valence-corrected chi connectivity index (χ4v) is 2.46. The molecule has 1 aromatic carbocycles. The van der Waals surface area contributed by atoms with Gasteiger partial charge in [0.05, 0.1) is 18.4 Å². The Morgan fingerprint density at radius 1 is 1.21 bits per heavy atom. The SMILES string of the molecule is Clc1cncc(N[C@H]2CCO[C@H]2c2ccccc2)n1. The molecule has 19 heavy (non-hydrogen) atoms. The first-order chi connectivity index (χ1) is 9.33. The van der Waals surface area contributed by atoms with Gasteiger partial charge < -0.3 is 10.1 Å². The molecule has 98 valence electrons. The van der Waals surface area contributed by atoms with E-state index in [9.17, 15) is 0 Å². The van der Waals surface area contributed by atoms with E-state index >= 15 is 0 Å². The number of aromatic nitrogens is 2. The average Bonchev–Trinajstić information content (AvgIpc) is 2.88. The maximum absolute atomic E-state index is 5.84.